The van der Waals surface area contributed by atoms with Crippen molar-refractivity contribution in [2.75, 3.05) is 11.1 Å². The molecule has 1 aromatic carbocycles. The fourth-order valence-corrected chi connectivity index (χ4v) is 2.87. The maximum absolute atomic E-state index is 11.6. The van der Waals surface area contributed by atoms with Crippen molar-refractivity contribution in [3.05, 3.63) is 34.8 Å². The molecule has 2 rings (SSSR count). The standard InChI is InChI=1S/C11H10ClN3OS2/c12-8-3-1-2-4-9(8)17-6-5-10(16)14-11-15-13-7-18-11/h1-4,7H,5-6H2,(H,14,15,16). The third-order valence-electron chi connectivity index (χ3n) is 2.03. The molecular weight excluding hydrogens is 290 g/mol. The molecule has 1 amide bonds. The largest absolute Gasteiger partial charge is 0.301 e. The number of halogens is 1. The Morgan fingerprint density at radius 2 is 2.28 bits per heavy atom. The molecule has 0 aliphatic carbocycles. The number of thioether (sulfide) groups is 1. The first-order valence-electron chi connectivity index (χ1n) is 5.19. The van der Waals surface area contributed by atoms with Gasteiger partial charge in [0.1, 0.15) is 5.51 Å². The van der Waals surface area contributed by atoms with Crippen molar-refractivity contribution in [3.63, 3.8) is 0 Å². The maximum atomic E-state index is 11.6. The van der Waals surface area contributed by atoms with Gasteiger partial charge in [0, 0.05) is 17.1 Å². The molecule has 2 aromatic rings. The fraction of sp³-hybridized carbons (Fsp3) is 0.182. The summed E-state index contributed by atoms with van der Waals surface area (Å²) in [4.78, 5) is 12.6. The fourth-order valence-electron chi connectivity index (χ4n) is 1.22. The van der Waals surface area contributed by atoms with Crippen LogP contribution in [0.3, 0.4) is 0 Å². The van der Waals surface area contributed by atoms with E-state index in [1.807, 2.05) is 24.3 Å². The summed E-state index contributed by atoms with van der Waals surface area (Å²) >= 11 is 8.88. The van der Waals surface area contributed by atoms with Gasteiger partial charge in [0.2, 0.25) is 11.0 Å². The van der Waals surface area contributed by atoms with Crippen LogP contribution in [-0.4, -0.2) is 21.9 Å². The lowest BCUT2D eigenvalue weighted by Gasteiger charge is -2.03. The smallest absolute Gasteiger partial charge is 0.227 e. The molecular formula is C11H10ClN3OS2. The molecule has 0 saturated carbocycles. The number of nitrogens with zero attached hydrogens (tertiary/aromatic N) is 2. The van der Waals surface area contributed by atoms with E-state index in [-0.39, 0.29) is 5.91 Å². The molecule has 0 aliphatic rings. The summed E-state index contributed by atoms with van der Waals surface area (Å²) < 4.78 is 0. The van der Waals surface area contributed by atoms with Crippen molar-refractivity contribution in [1.29, 1.82) is 0 Å². The second kappa shape index (κ2) is 6.72. The number of nitrogens with one attached hydrogen (secondary N) is 1. The molecule has 94 valence electrons. The Morgan fingerprint density at radius 1 is 1.44 bits per heavy atom. The van der Waals surface area contributed by atoms with Crippen LogP contribution in [0, 0.1) is 0 Å². The van der Waals surface area contributed by atoms with E-state index >= 15 is 0 Å². The summed E-state index contributed by atoms with van der Waals surface area (Å²) in [5.74, 6) is 0.611. The zero-order chi connectivity index (χ0) is 12.8. The van der Waals surface area contributed by atoms with E-state index in [2.05, 4.69) is 15.5 Å². The molecule has 4 nitrogen and oxygen atoms in total. The van der Waals surface area contributed by atoms with E-state index in [9.17, 15) is 4.79 Å². The number of amides is 1. The van der Waals surface area contributed by atoms with Crippen LogP contribution in [0.2, 0.25) is 5.02 Å². The second-order valence-electron chi connectivity index (χ2n) is 3.32. The number of benzene rings is 1. The minimum Gasteiger partial charge on any atom is -0.301 e. The number of rotatable bonds is 5. The van der Waals surface area contributed by atoms with Gasteiger partial charge < -0.3 is 5.32 Å². The van der Waals surface area contributed by atoms with Crippen LogP contribution >= 0.6 is 34.7 Å². The third-order valence-corrected chi connectivity index (χ3v) is 4.15. The van der Waals surface area contributed by atoms with Crippen molar-refractivity contribution in [2.45, 2.75) is 11.3 Å². The topological polar surface area (TPSA) is 54.9 Å². The second-order valence-corrected chi connectivity index (χ2v) is 5.70. The monoisotopic (exact) mass is 299 g/mol. The molecule has 0 fully saturated rings. The lowest BCUT2D eigenvalue weighted by atomic mass is 10.4. The number of hydrogen-bond donors (Lipinski definition) is 1. The highest BCUT2D eigenvalue weighted by molar-refractivity contribution is 7.99. The van der Waals surface area contributed by atoms with Gasteiger partial charge >= 0.3 is 0 Å². The van der Waals surface area contributed by atoms with Crippen LogP contribution in [0.1, 0.15) is 6.42 Å². The molecule has 1 heterocycles. The Morgan fingerprint density at radius 3 is 3.00 bits per heavy atom. The van der Waals surface area contributed by atoms with Crippen molar-refractivity contribution < 1.29 is 4.79 Å². The SMILES string of the molecule is O=C(CCSc1ccccc1Cl)Nc1nncs1. The van der Waals surface area contributed by atoms with Gasteiger partial charge in [-0.3, -0.25) is 4.79 Å². The molecule has 1 N–H and O–H groups in total. The lowest BCUT2D eigenvalue weighted by Crippen LogP contribution is -2.11. The first kappa shape index (κ1) is 13.3. The highest BCUT2D eigenvalue weighted by Gasteiger charge is 2.06. The highest BCUT2D eigenvalue weighted by atomic mass is 35.5. The Balaban J connectivity index is 1.75. The van der Waals surface area contributed by atoms with Crippen LogP contribution in [0.25, 0.3) is 0 Å². The molecule has 0 radical (unpaired) electrons. The number of carbonyl (C=O) groups excluding carboxylic acids is 1. The van der Waals surface area contributed by atoms with Gasteiger partial charge in [0.15, 0.2) is 0 Å². The molecule has 0 bridgehead atoms. The molecule has 7 heteroatoms. The summed E-state index contributed by atoms with van der Waals surface area (Å²) in [7, 11) is 0. The van der Waals surface area contributed by atoms with E-state index < -0.39 is 0 Å². The van der Waals surface area contributed by atoms with Gasteiger partial charge in [-0.2, -0.15) is 0 Å². The van der Waals surface area contributed by atoms with Gasteiger partial charge in [0.25, 0.3) is 0 Å². The van der Waals surface area contributed by atoms with Gasteiger partial charge in [-0.15, -0.1) is 22.0 Å². The Bertz CT molecular complexity index is 519. The molecule has 0 unspecified atom stereocenters. The van der Waals surface area contributed by atoms with E-state index in [1.54, 1.807) is 17.3 Å². The van der Waals surface area contributed by atoms with E-state index in [4.69, 9.17) is 11.6 Å². The molecule has 0 aliphatic heterocycles. The van der Waals surface area contributed by atoms with Crippen molar-refractivity contribution in [1.82, 2.24) is 10.2 Å². The number of anilines is 1. The van der Waals surface area contributed by atoms with Crippen molar-refractivity contribution in [2.24, 2.45) is 0 Å². The number of carbonyl (C=O) groups is 1. The van der Waals surface area contributed by atoms with Gasteiger partial charge in [-0.05, 0) is 12.1 Å². The van der Waals surface area contributed by atoms with Gasteiger partial charge in [-0.25, -0.2) is 0 Å². The van der Waals surface area contributed by atoms with Crippen molar-refractivity contribution in [3.8, 4) is 0 Å². The minimum absolute atomic E-state index is 0.0636. The van der Waals surface area contributed by atoms with E-state index in [0.717, 1.165) is 4.90 Å². The van der Waals surface area contributed by atoms with Crippen LogP contribution in [-0.2, 0) is 4.79 Å². The van der Waals surface area contributed by atoms with Gasteiger partial charge in [-0.1, -0.05) is 35.1 Å². The summed E-state index contributed by atoms with van der Waals surface area (Å²) in [5, 5.41) is 11.3. The van der Waals surface area contributed by atoms with Crippen molar-refractivity contribution >= 4 is 45.7 Å². The maximum Gasteiger partial charge on any atom is 0.227 e. The first-order chi connectivity index (χ1) is 8.75. The quantitative estimate of drug-likeness (QED) is 0.861. The highest BCUT2D eigenvalue weighted by Crippen LogP contribution is 2.26. The molecule has 0 atom stereocenters. The minimum atomic E-state index is -0.0636. The predicted molar refractivity (Wildman–Crippen MR) is 75.3 cm³/mol. The average Bonchev–Trinajstić information content (AvgIpc) is 2.84. The normalized spacial score (nSPS) is 10.3. The molecule has 0 saturated heterocycles. The number of hydrogen-bond acceptors (Lipinski definition) is 5. The predicted octanol–water partition coefficient (Wildman–Crippen LogP) is 3.31. The van der Waals surface area contributed by atoms with Crippen LogP contribution < -0.4 is 5.32 Å². The Hall–Kier alpha value is -1.11. The van der Waals surface area contributed by atoms with Gasteiger partial charge in [0.05, 0.1) is 5.02 Å². The molecule has 1 aromatic heterocycles. The van der Waals surface area contributed by atoms with E-state index in [0.29, 0.717) is 22.3 Å². The Labute approximate surface area is 118 Å². The average molecular weight is 300 g/mol. The summed E-state index contributed by atoms with van der Waals surface area (Å²) in [5.41, 5.74) is 1.58. The molecule has 0 spiro atoms. The van der Waals surface area contributed by atoms with Crippen LogP contribution in [0.4, 0.5) is 5.13 Å². The zero-order valence-electron chi connectivity index (χ0n) is 9.30. The van der Waals surface area contributed by atoms with Crippen LogP contribution in [0.15, 0.2) is 34.7 Å². The first-order valence-corrected chi connectivity index (χ1v) is 7.43. The third kappa shape index (κ3) is 3.97. The van der Waals surface area contributed by atoms with E-state index in [1.165, 1.54) is 11.3 Å². The van der Waals surface area contributed by atoms with Crippen LogP contribution in [0.5, 0.6) is 0 Å². The summed E-state index contributed by atoms with van der Waals surface area (Å²) in [6.45, 7) is 0. The Kier molecular flexibility index (Phi) is 4.98. The number of aromatic nitrogens is 2. The summed E-state index contributed by atoms with van der Waals surface area (Å²) in [6, 6.07) is 7.59. The zero-order valence-corrected chi connectivity index (χ0v) is 11.7. The molecule has 18 heavy (non-hydrogen) atoms. The summed E-state index contributed by atoms with van der Waals surface area (Å²) in [6.07, 6.45) is 0.412. The lowest BCUT2D eigenvalue weighted by molar-refractivity contribution is -0.115.